The number of hydrogen-bond donors (Lipinski definition) is 4. The van der Waals surface area contributed by atoms with Crippen LogP contribution in [0.25, 0.3) is 0 Å². The molecule has 0 rings (SSSR count). The van der Waals surface area contributed by atoms with Crippen LogP contribution in [0.1, 0.15) is 0 Å². The Balaban J connectivity index is 3.52. The van der Waals surface area contributed by atoms with Crippen LogP contribution in [0.4, 0.5) is 0 Å². The third-order valence-corrected chi connectivity index (χ3v) is 0.948. The van der Waals surface area contributed by atoms with Crippen molar-refractivity contribution >= 4 is 18.8 Å². The van der Waals surface area contributed by atoms with Crippen LogP contribution < -0.4 is 4.72 Å². The number of aliphatic hydroxyl groups is 1. The summed E-state index contributed by atoms with van der Waals surface area (Å²) in [6.45, 7) is -0.446. The first kappa shape index (κ1) is 7.74. The monoisotopic (exact) mass is 137 g/mol. The van der Waals surface area contributed by atoms with Crippen molar-refractivity contribution in [2.45, 2.75) is 6.04 Å². The van der Waals surface area contributed by atoms with Crippen LogP contribution in [0.3, 0.4) is 0 Å². The van der Waals surface area contributed by atoms with E-state index in [-0.39, 0.29) is 0 Å². The zero-order chi connectivity index (χ0) is 6.57. The first-order valence-electron chi connectivity index (χ1n) is 1.95. The Morgan fingerprint density at radius 1 is 1.88 bits per heavy atom. The van der Waals surface area contributed by atoms with E-state index in [2.05, 4.69) is 17.5 Å². The summed E-state index contributed by atoms with van der Waals surface area (Å²) in [4.78, 5) is 9.89. The molecule has 0 aliphatic carbocycles. The molecule has 0 aliphatic heterocycles. The Hall–Kier alpha value is -0.260. The number of thiol groups is 1. The number of hydrogen-bond acceptors (Lipinski definition) is 4. The van der Waals surface area contributed by atoms with E-state index in [9.17, 15) is 4.79 Å². The number of nitrogens with one attached hydrogen (secondary N) is 1. The maximum Gasteiger partial charge on any atom is 0.323 e. The topological polar surface area (TPSA) is 69.6 Å². The highest BCUT2D eigenvalue weighted by molar-refractivity contribution is 7.78. The molecule has 0 saturated heterocycles. The Morgan fingerprint density at radius 3 is 2.38 bits per heavy atom. The van der Waals surface area contributed by atoms with Gasteiger partial charge in [0.1, 0.15) is 6.04 Å². The largest absolute Gasteiger partial charge is 0.480 e. The molecule has 0 fully saturated rings. The lowest BCUT2D eigenvalue weighted by Gasteiger charge is -2.03. The number of aliphatic carboxylic acids is 1. The molecule has 5 heteroatoms. The number of carboxylic acids is 1. The average molecular weight is 137 g/mol. The predicted octanol–water partition coefficient (Wildman–Crippen LogP) is -1.13. The molecule has 3 N–H and O–H groups in total. The summed E-state index contributed by atoms with van der Waals surface area (Å²) in [5.41, 5.74) is 0. The van der Waals surface area contributed by atoms with E-state index in [1.54, 1.807) is 0 Å². The van der Waals surface area contributed by atoms with Crippen molar-refractivity contribution in [2.75, 3.05) is 6.61 Å². The van der Waals surface area contributed by atoms with Gasteiger partial charge in [-0.15, -0.1) is 0 Å². The molecule has 0 heterocycles. The Kier molecular flexibility index (Phi) is 3.59. The fourth-order valence-electron chi connectivity index (χ4n) is 0.174. The normalized spacial score (nSPS) is 13.2. The molecule has 0 radical (unpaired) electrons. The molecule has 8 heavy (non-hydrogen) atoms. The van der Waals surface area contributed by atoms with E-state index >= 15 is 0 Å². The lowest BCUT2D eigenvalue weighted by molar-refractivity contribution is -0.139. The van der Waals surface area contributed by atoms with Crippen molar-refractivity contribution in [3.8, 4) is 0 Å². The fourth-order valence-corrected chi connectivity index (χ4v) is 0.366. The van der Waals surface area contributed by atoms with Crippen molar-refractivity contribution in [2.24, 2.45) is 0 Å². The molecule has 0 aliphatic rings. The summed E-state index contributed by atoms with van der Waals surface area (Å²) in [5, 5.41) is 16.3. The number of aliphatic hydroxyl groups excluding tert-OH is 1. The average Bonchev–Trinajstić information content (AvgIpc) is 1.69. The van der Waals surface area contributed by atoms with Crippen LogP contribution >= 0.6 is 12.8 Å². The van der Waals surface area contributed by atoms with Crippen molar-refractivity contribution in [3.05, 3.63) is 0 Å². The Morgan fingerprint density at radius 2 is 2.38 bits per heavy atom. The molecule has 1 unspecified atom stereocenters. The molecule has 0 aromatic rings. The van der Waals surface area contributed by atoms with Gasteiger partial charge >= 0.3 is 5.97 Å². The number of carbonyl (C=O) groups is 1. The molecular weight excluding hydrogens is 130 g/mol. The second-order valence-corrected chi connectivity index (χ2v) is 1.46. The van der Waals surface area contributed by atoms with Gasteiger partial charge in [-0.05, 0) is 0 Å². The zero-order valence-corrected chi connectivity index (χ0v) is 4.93. The lowest BCUT2D eigenvalue weighted by atomic mass is 10.3. The van der Waals surface area contributed by atoms with Gasteiger partial charge in [0.15, 0.2) is 0 Å². The molecule has 0 aromatic carbocycles. The van der Waals surface area contributed by atoms with Gasteiger partial charge in [-0.2, -0.15) is 0 Å². The molecule has 48 valence electrons. The third-order valence-electron chi connectivity index (χ3n) is 0.637. The maximum atomic E-state index is 9.89. The molecule has 0 amide bonds. The molecule has 0 saturated carbocycles. The fraction of sp³-hybridized carbons (Fsp3) is 0.667. The van der Waals surface area contributed by atoms with Crippen LogP contribution in [-0.4, -0.2) is 28.8 Å². The van der Waals surface area contributed by atoms with Crippen LogP contribution in [0, 0.1) is 0 Å². The van der Waals surface area contributed by atoms with E-state index in [4.69, 9.17) is 10.2 Å². The standard InChI is InChI=1S/C3H7NO3S/c5-1-2(4-8)3(6)7/h2,4-5,8H,1H2,(H,6,7). The van der Waals surface area contributed by atoms with Gasteiger partial charge in [0.2, 0.25) is 0 Å². The first-order valence-corrected chi connectivity index (χ1v) is 2.40. The maximum absolute atomic E-state index is 9.89. The summed E-state index contributed by atoms with van der Waals surface area (Å²) in [7, 11) is 0. The molecule has 0 aromatic heterocycles. The van der Waals surface area contributed by atoms with Gasteiger partial charge in [-0.25, -0.2) is 0 Å². The molecular formula is C3H7NO3S. The first-order chi connectivity index (χ1) is 3.72. The minimum atomic E-state index is -1.11. The van der Waals surface area contributed by atoms with E-state index < -0.39 is 18.6 Å². The lowest BCUT2D eigenvalue weighted by Crippen LogP contribution is -2.33. The highest BCUT2D eigenvalue weighted by Crippen LogP contribution is 1.81. The summed E-state index contributed by atoms with van der Waals surface area (Å²) >= 11 is 3.44. The zero-order valence-electron chi connectivity index (χ0n) is 4.03. The minimum Gasteiger partial charge on any atom is -0.480 e. The summed E-state index contributed by atoms with van der Waals surface area (Å²) in [6.07, 6.45) is 0. The second-order valence-electron chi connectivity index (χ2n) is 1.20. The second kappa shape index (κ2) is 3.71. The van der Waals surface area contributed by atoms with Gasteiger partial charge in [-0.3, -0.25) is 9.52 Å². The van der Waals surface area contributed by atoms with Crippen LogP contribution in [0.2, 0.25) is 0 Å². The minimum absolute atomic E-state index is 0.446. The van der Waals surface area contributed by atoms with Crippen LogP contribution in [0.15, 0.2) is 0 Å². The van der Waals surface area contributed by atoms with Gasteiger partial charge < -0.3 is 10.2 Å². The highest BCUT2D eigenvalue weighted by Gasteiger charge is 2.11. The van der Waals surface area contributed by atoms with Gasteiger partial charge in [-0.1, -0.05) is 12.8 Å². The van der Waals surface area contributed by atoms with E-state index in [0.29, 0.717) is 0 Å². The summed E-state index contributed by atoms with van der Waals surface area (Å²) in [6, 6.07) is -0.960. The Labute approximate surface area is 52.1 Å². The van der Waals surface area contributed by atoms with E-state index in [1.165, 1.54) is 0 Å². The van der Waals surface area contributed by atoms with Gasteiger partial charge in [0, 0.05) is 0 Å². The van der Waals surface area contributed by atoms with Crippen molar-refractivity contribution in [3.63, 3.8) is 0 Å². The molecule has 1 atom stereocenters. The van der Waals surface area contributed by atoms with Crippen LogP contribution in [0.5, 0.6) is 0 Å². The number of carboxylic acid groups (broad SMARTS) is 1. The third kappa shape index (κ3) is 2.15. The molecule has 0 spiro atoms. The van der Waals surface area contributed by atoms with Crippen molar-refractivity contribution in [1.29, 1.82) is 0 Å². The van der Waals surface area contributed by atoms with Crippen LogP contribution in [-0.2, 0) is 4.79 Å². The van der Waals surface area contributed by atoms with E-state index in [0.717, 1.165) is 0 Å². The van der Waals surface area contributed by atoms with Gasteiger partial charge in [0.25, 0.3) is 0 Å². The summed E-state index contributed by atoms with van der Waals surface area (Å²) in [5.74, 6) is -1.11. The predicted molar refractivity (Wildman–Crippen MR) is 30.6 cm³/mol. The Bertz CT molecular complexity index is 82.6. The summed E-state index contributed by atoms with van der Waals surface area (Å²) < 4.78 is 2.10. The van der Waals surface area contributed by atoms with Crippen molar-refractivity contribution < 1.29 is 15.0 Å². The number of rotatable bonds is 3. The van der Waals surface area contributed by atoms with E-state index in [1.807, 2.05) is 0 Å². The quantitative estimate of drug-likeness (QED) is 0.371. The molecule has 0 bridgehead atoms. The highest BCUT2D eigenvalue weighted by atomic mass is 32.1. The smallest absolute Gasteiger partial charge is 0.323 e. The molecule has 4 nitrogen and oxygen atoms in total. The van der Waals surface area contributed by atoms with Crippen molar-refractivity contribution in [1.82, 2.24) is 4.72 Å². The van der Waals surface area contributed by atoms with Gasteiger partial charge in [0.05, 0.1) is 6.61 Å². The SMILES string of the molecule is O=C(O)C(CO)NS.